The van der Waals surface area contributed by atoms with E-state index in [4.69, 9.17) is 32.5 Å². The zero-order valence-electron chi connectivity index (χ0n) is 10.1. The molecule has 6 heteroatoms. The van der Waals surface area contributed by atoms with Gasteiger partial charge in [0.15, 0.2) is 11.6 Å². The van der Waals surface area contributed by atoms with Gasteiger partial charge in [-0.1, -0.05) is 11.6 Å². The Bertz CT molecular complexity index is 620. The van der Waals surface area contributed by atoms with Crippen LogP contribution in [0.3, 0.4) is 0 Å². The van der Waals surface area contributed by atoms with Crippen LogP contribution in [0.1, 0.15) is 0 Å². The average Bonchev–Trinajstić information content (AvgIpc) is 2.41. The summed E-state index contributed by atoms with van der Waals surface area (Å²) in [6, 6.07) is 7.20. The van der Waals surface area contributed by atoms with Crippen molar-refractivity contribution in [1.29, 1.82) is 0 Å². The number of methoxy groups -OCH3 is 1. The van der Waals surface area contributed by atoms with Gasteiger partial charge in [0, 0.05) is 6.07 Å². The molecule has 0 amide bonds. The lowest BCUT2D eigenvalue weighted by molar-refractivity contribution is 0.401. The van der Waals surface area contributed by atoms with Crippen molar-refractivity contribution in [3.05, 3.63) is 41.2 Å². The molecule has 0 aliphatic carbocycles. The van der Waals surface area contributed by atoms with Gasteiger partial charge in [-0.15, -0.1) is 0 Å². The second kappa shape index (κ2) is 5.24. The molecule has 100 valence electrons. The van der Waals surface area contributed by atoms with Gasteiger partial charge in [-0.3, -0.25) is 0 Å². The van der Waals surface area contributed by atoms with Gasteiger partial charge >= 0.3 is 0 Å². The fourth-order valence-electron chi connectivity index (χ4n) is 1.47. The van der Waals surface area contributed by atoms with Gasteiger partial charge in [0.1, 0.15) is 16.5 Å². The molecule has 2 aromatic rings. The number of rotatable bonds is 3. The van der Waals surface area contributed by atoms with Crippen LogP contribution in [0.25, 0.3) is 0 Å². The van der Waals surface area contributed by atoms with E-state index in [0.29, 0.717) is 11.4 Å². The first kappa shape index (κ1) is 13.3. The number of anilines is 2. The molecule has 0 unspecified atom stereocenters. The highest BCUT2D eigenvalue weighted by atomic mass is 35.5. The SMILES string of the molecule is COc1ccc(F)c(Oc2ccc(N)c(N)c2Cl)c1. The first-order valence-corrected chi connectivity index (χ1v) is 5.75. The zero-order chi connectivity index (χ0) is 14.0. The average molecular weight is 283 g/mol. The number of hydrogen-bond acceptors (Lipinski definition) is 4. The molecule has 0 bridgehead atoms. The Kier molecular flexibility index (Phi) is 3.66. The third-order valence-electron chi connectivity index (χ3n) is 2.54. The number of hydrogen-bond donors (Lipinski definition) is 2. The molecule has 2 rings (SSSR count). The third-order valence-corrected chi connectivity index (χ3v) is 2.93. The molecule has 0 aromatic heterocycles. The van der Waals surface area contributed by atoms with E-state index in [0.717, 1.165) is 0 Å². The van der Waals surface area contributed by atoms with Crippen LogP contribution < -0.4 is 20.9 Å². The van der Waals surface area contributed by atoms with Gasteiger partial charge in [0.2, 0.25) is 0 Å². The van der Waals surface area contributed by atoms with Crippen LogP contribution in [0.15, 0.2) is 30.3 Å². The first-order valence-electron chi connectivity index (χ1n) is 5.37. The normalized spacial score (nSPS) is 10.3. The molecule has 4 nitrogen and oxygen atoms in total. The molecule has 0 fully saturated rings. The summed E-state index contributed by atoms with van der Waals surface area (Å²) in [7, 11) is 1.48. The Labute approximate surface area is 114 Å². The Balaban J connectivity index is 2.39. The second-order valence-electron chi connectivity index (χ2n) is 3.78. The molecule has 0 atom stereocenters. The lowest BCUT2D eigenvalue weighted by Gasteiger charge is -2.12. The standard InChI is InChI=1S/C13H12ClFN2O2/c1-18-7-2-3-8(15)11(6-7)19-10-5-4-9(16)13(17)12(10)14/h2-6H,16-17H2,1H3. The fourth-order valence-corrected chi connectivity index (χ4v) is 1.68. The molecule has 4 N–H and O–H groups in total. The predicted octanol–water partition coefficient (Wildman–Crippen LogP) is 3.44. The van der Waals surface area contributed by atoms with Crippen molar-refractivity contribution in [2.75, 3.05) is 18.6 Å². The number of ether oxygens (including phenoxy) is 2. The smallest absolute Gasteiger partial charge is 0.166 e. The third kappa shape index (κ3) is 2.66. The summed E-state index contributed by atoms with van der Waals surface area (Å²) in [5.41, 5.74) is 11.8. The Morgan fingerprint density at radius 3 is 2.53 bits per heavy atom. The molecule has 0 spiro atoms. The highest BCUT2D eigenvalue weighted by molar-refractivity contribution is 6.35. The molecular formula is C13H12ClFN2O2. The lowest BCUT2D eigenvalue weighted by atomic mass is 10.2. The summed E-state index contributed by atoms with van der Waals surface area (Å²) in [5, 5.41) is 0.141. The van der Waals surface area contributed by atoms with Gasteiger partial charge in [-0.2, -0.15) is 0 Å². The molecule has 0 heterocycles. The minimum atomic E-state index is -0.535. The van der Waals surface area contributed by atoms with Gasteiger partial charge in [0.05, 0.1) is 18.5 Å². The summed E-state index contributed by atoms with van der Waals surface area (Å²) in [6.45, 7) is 0. The molecule has 0 aliphatic heterocycles. The van der Waals surface area contributed by atoms with Crippen LogP contribution in [0, 0.1) is 5.82 Å². The maximum Gasteiger partial charge on any atom is 0.166 e. The number of nitrogens with two attached hydrogens (primary N) is 2. The molecule has 19 heavy (non-hydrogen) atoms. The molecular weight excluding hydrogens is 271 g/mol. The Morgan fingerprint density at radius 2 is 1.84 bits per heavy atom. The van der Waals surface area contributed by atoms with E-state index in [9.17, 15) is 4.39 Å². The molecule has 2 aromatic carbocycles. The Hall–Kier alpha value is -2.14. The van der Waals surface area contributed by atoms with E-state index >= 15 is 0 Å². The quantitative estimate of drug-likeness (QED) is 0.846. The maximum absolute atomic E-state index is 13.6. The van der Waals surface area contributed by atoms with Crippen LogP contribution in [-0.4, -0.2) is 7.11 Å². The maximum atomic E-state index is 13.6. The van der Waals surface area contributed by atoms with E-state index < -0.39 is 5.82 Å². The summed E-state index contributed by atoms with van der Waals surface area (Å²) >= 11 is 5.99. The van der Waals surface area contributed by atoms with Crippen LogP contribution in [-0.2, 0) is 0 Å². The van der Waals surface area contributed by atoms with E-state index in [-0.39, 0.29) is 22.2 Å². The number of benzene rings is 2. The minimum absolute atomic E-state index is 0.00887. The van der Waals surface area contributed by atoms with Crippen molar-refractivity contribution in [1.82, 2.24) is 0 Å². The largest absolute Gasteiger partial charge is 0.497 e. The van der Waals surface area contributed by atoms with Crippen LogP contribution >= 0.6 is 11.6 Å². The first-order chi connectivity index (χ1) is 9.02. The summed E-state index contributed by atoms with van der Waals surface area (Å²) in [6.07, 6.45) is 0. The van der Waals surface area contributed by atoms with Crippen LogP contribution in [0.5, 0.6) is 17.2 Å². The molecule has 0 aliphatic rings. The van der Waals surface area contributed by atoms with Gasteiger partial charge < -0.3 is 20.9 Å². The van der Waals surface area contributed by atoms with E-state index in [1.54, 1.807) is 0 Å². The lowest BCUT2D eigenvalue weighted by Crippen LogP contribution is -1.97. The summed E-state index contributed by atoms with van der Waals surface area (Å²) < 4.78 is 24.0. The number of nitrogen functional groups attached to an aromatic ring is 2. The van der Waals surface area contributed by atoms with E-state index in [2.05, 4.69) is 0 Å². The van der Waals surface area contributed by atoms with Crippen molar-refractivity contribution in [2.45, 2.75) is 0 Å². The highest BCUT2D eigenvalue weighted by Gasteiger charge is 2.12. The van der Waals surface area contributed by atoms with Gasteiger partial charge in [-0.25, -0.2) is 4.39 Å². The monoisotopic (exact) mass is 282 g/mol. The fraction of sp³-hybridized carbons (Fsp3) is 0.0769. The van der Waals surface area contributed by atoms with E-state index in [1.807, 2.05) is 0 Å². The molecule has 0 saturated heterocycles. The summed E-state index contributed by atoms with van der Waals surface area (Å²) in [5.74, 6) is 0.147. The predicted molar refractivity (Wildman–Crippen MR) is 73.3 cm³/mol. The summed E-state index contributed by atoms with van der Waals surface area (Å²) in [4.78, 5) is 0. The van der Waals surface area contributed by atoms with Crippen molar-refractivity contribution in [3.8, 4) is 17.2 Å². The minimum Gasteiger partial charge on any atom is -0.497 e. The highest BCUT2D eigenvalue weighted by Crippen LogP contribution is 2.38. The van der Waals surface area contributed by atoms with Crippen LogP contribution in [0.2, 0.25) is 5.02 Å². The zero-order valence-corrected chi connectivity index (χ0v) is 10.9. The van der Waals surface area contributed by atoms with Gasteiger partial charge in [0.25, 0.3) is 0 Å². The van der Waals surface area contributed by atoms with Crippen LogP contribution in [0.4, 0.5) is 15.8 Å². The topological polar surface area (TPSA) is 70.5 Å². The number of halogens is 2. The Morgan fingerprint density at radius 1 is 1.11 bits per heavy atom. The van der Waals surface area contributed by atoms with Crippen molar-refractivity contribution >= 4 is 23.0 Å². The molecule has 0 radical (unpaired) electrons. The molecule has 0 saturated carbocycles. The van der Waals surface area contributed by atoms with Crippen molar-refractivity contribution in [3.63, 3.8) is 0 Å². The van der Waals surface area contributed by atoms with Crippen molar-refractivity contribution in [2.24, 2.45) is 0 Å². The second-order valence-corrected chi connectivity index (χ2v) is 4.16. The van der Waals surface area contributed by atoms with E-state index in [1.165, 1.54) is 37.4 Å². The van der Waals surface area contributed by atoms with Crippen molar-refractivity contribution < 1.29 is 13.9 Å². The van der Waals surface area contributed by atoms with Gasteiger partial charge in [-0.05, 0) is 24.3 Å².